The first kappa shape index (κ1) is 25.2. The second-order valence-corrected chi connectivity index (χ2v) is 9.75. The summed E-state index contributed by atoms with van der Waals surface area (Å²) in [7, 11) is 0. The molecule has 5 heteroatoms. The molecule has 5 rings (SSSR count). The molecule has 0 aliphatic rings. The standard InChI is InChI=1S/C33H33N5/c1-22-12-7-9-14-28(22)32-20-18-24(3)37(32)35-26(5)30-16-11-17-31(34-30)27(6)36-38-25(4)19-21-33(38)29-15-10-8-13-23(29)2/h7-21H,1-6H3/b35-26+,36-27+. The van der Waals surface area contributed by atoms with Crippen LogP contribution in [-0.2, 0) is 0 Å². The molecule has 0 aliphatic heterocycles. The molecule has 38 heavy (non-hydrogen) atoms. The van der Waals surface area contributed by atoms with E-state index in [2.05, 4.69) is 100 Å². The van der Waals surface area contributed by atoms with Crippen molar-refractivity contribution in [3.8, 4) is 22.5 Å². The summed E-state index contributed by atoms with van der Waals surface area (Å²) in [6, 6.07) is 31.3. The topological polar surface area (TPSA) is 47.5 Å². The Bertz CT molecular complexity index is 1560. The fraction of sp³-hybridized carbons (Fsp3) is 0.182. The number of hydrogen-bond acceptors (Lipinski definition) is 3. The van der Waals surface area contributed by atoms with Crippen molar-refractivity contribution in [2.24, 2.45) is 10.2 Å². The summed E-state index contributed by atoms with van der Waals surface area (Å²) in [5.41, 5.74) is 12.4. The highest BCUT2D eigenvalue weighted by atomic mass is 15.4. The summed E-state index contributed by atoms with van der Waals surface area (Å²) >= 11 is 0. The predicted molar refractivity (Wildman–Crippen MR) is 158 cm³/mol. The highest BCUT2D eigenvalue weighted by molar-refractivity contribution is 6.00. The minimum Gasteiger partial charge on any atom is -0.245 e. The Hall–Kier alpha value is -4.51. The van der Waals surface area contributed by atoms with E-state index < -0.39 is 0 Å². The van der Waals surface area contributed by atoms with Crippen molar-refractivity contribution < 1.29 is 0 Å². The van der Waals surface area contributed by atoms with Crippen molar-refractivity contribution in [3.05, 3.63) is 125 Å². The van der Waals surface area contributed by atoms with E-state index in [4.69, 9.17) is 15.2 Å². The van der Waals surface area contributed by atoms with Crippen LogP contribution >= 0.6 is 0 Å². The van der Waals surface area contributed by atoms with Gasteiger partial charge >= 0.3 is 0 Å². The Balaban J connectivity index is 1.50. The zero-order valence-corrected chi connectivity index (χ0v) is 22.9. The van der Waals surface area contributed by atoms with Gasteiger partial charge in [-0.25, -0.2) is 14.3 Å². The van der Waals surface area contributed by atoms with Crippen LogP contribution in [0.3, 0.4) is 0 Å². The highest BCUT2D eigenvalue weighted by Gasteiger charge is 2.13. The van der Waals surface area contributed by atoms with Gasteiger partial charge in [0, 0.05) is 22.5 Å². The molecular weight excluding hydrogens is 466 g/mol. The molecule has 0 atom stereocenters. The fourth-order valence-electron chi connectivity index (χ4n) is 4.70. The molecule has 2 aromatic carbocycles. The van der Waals surface area contributed by atoms with Crippen LogP contribution in [0, 0.1) is 27.7 Å². The van der Waals surface area contributed by atoms with Crippen molar-refractivity contribution in [2.45, 2.75) is 41.5 Å². The Morgan fingerprint density at radius 1 is 0.526 bits per heavy atom. The maximum absolute atomic E-state index is 4.99. The van der Waals surface area contributed by atoms with Crippen LogP contribution in [-0.4, -0.2) is 25.8 Å². The lowest BCUT2D eigenvalue weighted by Crippen LogP contribution is -2.09. The summed E-state index contributed by atoms with van der Waals surface area (Å²) in [5, 5.41) is 9.97. The molecule has 0 N–H and O–H groups in total. The molecule has 3 heterocycles. The molecule has 0 saturated carbocycles. The van der Waals surface area contributed by atoms with E-state index in [0.29, 0.717) is 0 Å². The van der Waals surface area contributed by atoms with E-state index in [1.54, 1.807) is 0 Å². The first-order valence-corrected chi connectivity index (χ1v) is 12.9. The molecular formula is C33H33N5. The number of aryl methyl sites for hydroxylation is 4. The van der Waals surface area contributed by atoms with E-state index in [1.165, 1.54) is 22.3 Å². The first-order valence-electron chi connectivity index (χ1n) is 12.9. The maximum Gasteiger partial charge on any atom is 0.0867 e. The van der Waals surface area contributed by atoms with Crippen molar-refractivity contribution in [1.29, 1.82) is 0 Å². The smallest absolute Gasteiger partial charge is 0.0867 e. The Morgan fingerprint density at radius 3 is 1.37 bits per heavy atom. The Morgan fingerprint density at radius 2 is 0.947 bits per heavy atom. The summed E-state index contributed by atoms with van der Waals surface area (Å²) in [4.78, 5) is 4.94. The van der Waals surface area contributed by atoms with Crippen LogP contribution in [0.5, 0.6) is 0 Å². The second kappa shape index (κ2) is 10.5. The van der Waals surface area contributed by atoms with Crippen LogP contribution in [0.4, 0.5) is 0 Å². The molecule has 0 spiro atoms. The zero-order valence-electron chi connectivity index (χ0n) is 22.9. The van der Waals surface area contributed by atoms with Gasteiger partial charge in [-0.3, -0.25) is 0 Å². The van der Waals surface area contributed by atoms with Gasteiger partial charge in [0.1, 0.15) is 0 Å². The van der Waals surface area contributed by atoms with Crippen LogP contribution in [0.1, 0.15) is 47.8 Å². The third-order valence-corrected chi connectivity index (χ3v) is 6.92. The number of pyridine rings is 1. The van der Waals surface area contributed by atoms with Crippen molar-refractivity contribution >= 4 is 11.4 Å². The van der Waals surface area contributed by atoms with E-state index >= 15 is 0 Å². The molecule has 0 amide bonds. The summed E-state index contributed by atoms with van der Waals surface area (Å²) in [5.74, 6) is 0. The van der Waals surface area contributed by atoms with Crippen molar-refractivity contribution in [3.63, 3.8) is 0 Å². The number of benzene rings is 2. The Kier molecular flexibility index (Phi) is 6.93. The molecule has 0 saturated heterocycles. The van der Waals surface area contributed by atoms with Gasteiger partial charge in [-0.2, -0.15) is 10.2 Å². The maximum atomic E-state index is 4.99. The molecule has 5 aromatic rings. The van der Waals surface area contributed by atoms with Crippen LogP contribution in [0.25, 0.3) is 22.5 Å². The SMILES string of the molecule is C/C(=N\n1c(C)ccc1-c1ccccc1C)c1cccc(/C(C)=N/n2c(C)ccc2-c2ccccc2C)n1. The van der Waals surface area contributed by atoms with E-state index in [9.17, 15) is 0 Å². The van der Waals surface area contributed by atoms with Crippen molar-refractivity contribution in [1.82, 2.24) is 14.3 Å². The average Bonchev–Trinajstić information content (AvgIpc) is 3.46. The van der Waals surface area contributed by atoms with E-state index in [1.807, 2.05) is 41.4 Å². The van der Waals surface area contributed by atoms with E-state index in [-0.39, 0.29) is 0 Å². The van der Waals surface area contributed by atoms with Crippen LogP contribution in [0.2, 0.25) is 0 Å². The minimum atomic E-state index is 0.823. The van der Waals surface area contributed by atoms with Crippen LogP contribution < -0.4 is 0 Å². The molecule has 0 unspecified atom stereocenters. The number of rotatable bonds is 6. The monoisotopic (exact) mass is 499 g/mol. The molecule has 0 radical (unpaired) electrons. The summed E-state index contributed by atoms with van der Waals surface area (Å²) < 4.78 is 4.01. The lowest BCUT2D eigenvalue weighted by atomic mass is 10.1. The quantitative estimate of drug-likeness (QED) is 0.220. The zero-order chi connectivity index (χ0) is 26.8. The van der Waals surface area contributed by atoms with E-state index in [0.717, 1.165) is 45.6 Å². The molecule has 190 valence electrons. The van der Waals surface area contributed by atoms with Crippen molar-refractivity contribution in [2.75, 3.05) is 0 Å². The summed E-state index contributed by atoms with van der Waals surface area (Å²) in [6.07, 6.45) is 0. The third-order valence-electron chi connectivity index (χ3n) is 6.92. The predicted octanol–water partition coefficient (Wildman–Crippen LogP) is 7.80. The normalized spacial score (nSPS) is 12.3. The van der Waals surface area contributed by atoms with Gasteiger partial charge in [0.25, 0.3) is 0 Å². The second-order valence-electron chi connectivity index (χ2n) is 9.75. The molecule has 0 bridgehead atoms. The van der Waals surface area contributed by atoms with Gasteiger partial charge in [0.15, 0.2) is 0 Å². The van der Waals surface area contributed by atoms with Gasteiger partial charge in [0.05, 0.1) is 34.2 Å². The Labute approximate surface area is 224 Å². The lowest BCUT2D eigenvalue weighted by molar-refractivity contribution is 0.850. The number of nitrogens with zero attached hydrogens (tertiary/aromatic N) is 5. The fourth-order valence-corrected chi connectivity index (χ4v) is 4.70. The van der Waals surface area contributed by atoms with Gasteiger partial charge < -0.3 is 0 Å². The number of hydrogen-bond donors (Lipinski definition) is 0. The van der Waals surface area contributed by atoms with Gasteiger partial charge in [-0.1, -0.05) is 54.6 Å². The summed E-state index contributed by atoms with van der Waals surface area (Å²) in [6.45, 7) is 12.4. The first-order chi connectivity index (χ1) is 18.3. The molecule has 0 fully saturated rings. The van der Waals surface area contributed by atoms with Crippen LogP contribution in [0.15, 0.2) is 101 Å². The third kappa shape index (κ3) is 4.88. The van der Waals surface area contributed by atoms with Gasteiger partial charge in [-0.15, -0.1) is 0 Å². The highest BCUT2D eigenvalue weighted by Crippen LogP contribution is 2.27. The largest absolute Gasteiger partial charge is 0.245 e. The average molecular weight is 500 g/mol. The van der Waals surface area contributed by atoms with Gasteiger partial charge in [-0.05, 0) is 89.1 Å². The number of aromatic nitrogens is 3. The minimum absolute atomic E-state index is 0.823. The molecule has 5 nitrogen and oxygen atoms in total. The molecule has 3 aromatic heterocycles. The molecule has 0 aliphatic carbocycles. The lowest BCUT2D eigenvalue weighted by Gasteiger charge is -2.12. The van der Waals surface area contributed by atoms with Gasteiger partial charge in [0.2, 0.25) is 0 Å².